The van der Waals surface area contributed by atoms with Crippen LogP contribution in [0.25, 0.3) is 11.1 Å². The summed E-state index contributed by atoms with van der Waals surface area (Å²) in [5.74, 6) is -0.664. The molecule has 8 N–H and O–H groups in total. The number of ether oxygens (including phenoxy) is 2. The first-order chi connectivity index (χ1) is 23.6. The highest BCUT2D eigenvalue weighted by Gasteiger charge is 2.67. The number of aliphatic hydroxyl groups is 4. The minimum atomic E-state index is -2.45. The number of para-hydroxylation sites is 1. The molecular weight excluding hydrogens is 641 g/mol. The lowest BCUT2D eigenvalue weighted by atomic mass is 9.69. The van der Waals surface area contributed by atoms with Gasteiger partial charge in [0, 0.05) is 12.8 Å². The van der Waals surface area contributed by atoms with Crippen LogP contribution in [0.2, 0.25) is 0 Å². The summed E-state index contributed by atoms with van der Waals surface area (Å²) < 4.78 is 24.8. The highest BCUT2D eigenvalue weighted by Crippen LogP contribution is 2.50. The van der Waals surface area contributed by atoms with Crippen LogP contribution in [0.4, 0.5) is 10.1 Å². The van der Waals surface area contributed by atoms with Crippen molar-refractivity contribution in [1.82, 2.24) is 0 Å². The van der Waals surface area contributed by atoms with Crippen LogP contribution in [-0.2, 0) is 14.3 Å². The first-order valence-corrected chi connectivity index (χ1v) is 16.6. The van der Waals surface area contributed by atoms with Gasteiger partial charge in [-0.15, -0.1) is 0 Å². The van der Waals surface area contributed by atoms with Gasteiger partial charge in [0.2, 0.25) is 5.91 Å². The molecule has 11 heteroatoms. The Morgan fingerprint density at radius 3 is 2.16 bits per heavy atom. The number of halogens is 1. The van der Waals surface area contributed by atoms with Gasteiger partial charge in [-0.3, -0.25) is 10.5 Å². The Balaban J connectivity index is 1.28. The van der Waals surface area contributed by atoms with Crippen molar-refractivity contribution in [1.29, 1.82) is 0 Å². The van der Waals surface area contributed by atoms with Crippen molar-refractivity contribution in [2.45, 2.75) is 73.5 Å². The number of methoxy groups -OCH3 is 1. The molecule has 0 spiro atoms. The maximum atomic E-state index is 13.7. The molecule has 2 heterocycles. The molecule has 8 unspecified atom stereocenters. The summed E-state index contributed by atoms with van der Waals surface area (Å²) in [6.07, 6.45) is -2.69. The van der Waals surface area contributed by atoms with Gasteiger partial charge in [0.25, 0.3) is 0 Å². The minimum Gasteiger partial charge on any atom is -0.388 e. The molecule has 50 heavy (non-hydrogen) atoms. The van der Waals surface area contributed by atoms with E-state index >= 15 is 0 Å². The van der Waals surface area contributed by atoms with Gasteiger partial charge >= 0.3 is 0 Å². The van der Waals surface area contributed by atoms with E-state index in [1.807, 2.05) is 66.7 Å². The fraction of sp³-hybridized carbons (Fsp3) is 0.359. The highest BCUT2D eigenvalue weighted by molar-refractivity contribution is 6.09. The second-order valence-corrected chi connectivity index (χ2v) is 13.8. The summed E-state index contributed by atoms with van der Waals surface area (Å²) in [5, 5.41) is 44.7. The zero-order valence-corrected chi connectivity index (χ0v) is 28.2. The first-order valence-electron chi connectivity index (χ1n) is 16.6. The molecule has 0 radical (unpaired) electrons. The number of rotatable bonds is 10. The van der Waals surface area contributed by atoms with Gasteiger partial charge in [-0.1, -0.05) is 72.8 Å². The molecule has 2 aliphatic rings. The van der Waals surface area contributed by atoms with Gasteiger partial charge in [-0.2, -0.15) is 0 Å². The van der Waals surface area contributed by atoms with Crippen molar-refractivity contribution in [3.63, 3.8) is 0 Å². The van der Waals surface area contributed by atoms with E-state index in [1.54, 1.807) is 17.0 Å². The van der Waals surface area contributed by atoms with Gasteiger partial charge in [0.15, 0.2) is 5.72 Å². The van der Waals surface area contributed by atoms with Crippen LogP contribution in [0.3, 0.4) is 0 Å². The van der Waals surface area contributed by atoms with E-state index in [9.17, 15) is 29.6 Å². The number of carbonyl (C=O) groups excluding carboxylic acids is 1. The monoisotopic (exact) mass is 685 g/mol. The lowest BCUT2D eigenvalue weighted by Crippen LogP contribution is -2.80. The molecule has 8 atom stereocenters. The fourth-order valence-corrected chi connectivity index (χ4v) is 7.28. The molecule has 4 aromatic rings. The van der Waals surface area contributed by atoms with Crippen LogP contribution < -0.4 is 16.4 Å². The van der Waals surface area contributed by atoms with E-state index in [0.717, 1.165) is 16.7 Å². The van der Waals surface area contributed by atoms with Gasteiger partial charge in [-0.25, -0.2) is 4.39 Å². The first kappa shape index (κ1) is 35.8. The third-order valence-corrected chi connectivity index (χ3v) is 10.5. The Morgan fingerprint density at radius 2 is 1.52 bits per heavy atom. The number of β-lactam (4-membered cyclic amide) rings is 1. The minimum absolute atomic E-state index is 0.0717. The fourth-order valence-electron chi connectivity index (χ4n) is 7.28. The van der Waals surface area contributed by atoms with E-state index < -0.39 is 52.6 Å². The standard InChI is InChI=1S/C39H44FN3O7/c1-36(46)32(23-49-3)50-34(37(2,47)39(36,42)48)28-9-7-8-27(22-28)24-12-14-26(15-13-24)33-38(41,35(45)43(33)30-10-5-4-6-11-30)21-20-31(44)25-16-18-29(40)19-17-25/h4-19,22,31-34,44,46-48H,20-21,23,41-42H2,1-3H3. The number of anilines is 1. The Morgan fingerprint density at radius 1 is 0.860 bits per heavy atom. The largest absolute Gasteiger partial charge is 0.388 e. The third-order valence-electron chi connectivity index (χ3n) is 10.5. The molecule has 0 saturated carbocycles. The summed E-state index contributed by atoms with van der Waals surface area (Å²) in [4.78, 5) is 15.4. The maximum absolute atomic E-state index is 13.7. The number of hydrogen-bond donors (Lipinski definition) is 6. The van der Waals surface area contributed by atoms with Crippen molar-refractivity contribution in [2.75, 3.05) is 18.6 Å². The Kier molecular flexibility index (Phi) is 9.48. The highest BCUT2D eigenvalue weighted by atomic mass is 19.1. The van der Waals surface area contributed by atoms with Crippen LogP contribution in [0, 0.1) is 5.82 Å². The molecule has 2 fully saturated rings. The Bertz CT molecular complexity index is 1820. The number of aliphatic hydroxyl groups excluding tert-OH is 1. The summed E-state index contributed by atoms with van der Waals surface area (Å²) >= 11 is 0. The van der Waals surface area contributed by atoms with Crippen LogP contribution in [-0.4, -0.2) is 68.6 Å². The lowest BCUT2D eigenvalue weighted by molar-refractivity contribution is -0.351. The summed E-state index contributed by atoms with van der Waals surface area (Å²) in [7, 11) is 1.44. The topological polar surface area (TPSA) is 172 Å². The predicted molar refractivity (Wildman–Crippen MR) is 186 cm³/mol. The molecule has 2 saturated heterocycles. The summed E-state index contributed by atoms with van der Waals surface area (Å²) in [5.41, 5.74) is 9.40. The number of nitrogens with zero attached hydrogens (tertiary/aromatic N) is 1. The SMILES string of the molecule is COCC1OC(c2cccc(-c3ccc(C4N(c5ccccc5)C(=O)C4(N)CCC(O)c4ccc(F)cc4)cc3)c2)C(C)(O)C(N)(O)C1(C)O. The van der Waals surface area contributed by atoms with Crippen LogP contribution in [0.15, 0.2) is 103 Å². The second-order valence-electron chi connectivity index (χ2n) is 13.8. The second kappa shape index (κ2) is 13.3. The Hall–Kier alpha value is -4.04. The van der Waals surface area contributed by atoms with Crippen molar-refractivity contribution >= 4 is 11.6 Å². The van der Waals surface area contributed by atoms with E-state index in [1.165, 1.54) is 45.2 Å². The van der Waals surface area contributed by atoms with Gasteiger partial charge in [-0.05, 0) is 84.8 Å². The lowest BCUT2D eigenvalue weighted by Gasteiger charge is -2.57. The number of benzene rings is 4. The van der Waals surface area contributed by atoms with Crippen LogP contribution in [0.5, 0.6) is 0 Å². The van der Waals surface area contributed by atoms with Crippen LogP contribution >= 0.6 is 0 Å². The quantitative estimate of drug-likeness (QED) is 0.107. The average Bonchev–Trinajstić information content (AvgIpc) is 3.10. The summed E-state index contributed by atoms with van der Waals surface area (Å²) in [6, 6.07) is 29.2. The molecule has 1 amide bonds. The zero-order chi connectivity index (χ0) is 36.1. The van der Waals surface area contributed by atoms with E-state index in [4.69, 9.17) is 20.9 Å². The van der Waals surface area contributed by atoms with Crippen LogP contribution in [0.1, 0.15) is 61.6 Å². The molecule has 264 valence electrons. The maximum Gasteiger partial charge on any atom is 0.250 e. The van der Waals surface area contributed by atoms with Crippen molar-refractivity contribution < 1.29 is 39.1 Å². The van der Waals surface area contributed by atoms with Gasteiger partial charge in [0.1, 0.15) is 34.8 Å². The molecule has 2 aliphatic heterocycles. The molecular formula is C39H44FN3O7. The molecule has 10 nitrogen and oxygen atoms in total. The molecule has 6 rings (SSSR count). The Labute approximate surface area is 290 Å². The molecule has 4 aromatic carbocycles. The number of hydrogen-bond acceptors (Lipinski definition) is 9. The van der Waals surface area contributed by atoms with E-state index in [-0.39, 0.29) is 25.4 Å². The number of nitrogens with two attached hydrogens (primary N) is 2. The van der Waals surface area contributed by atoms with E-state index in [2.05, 4.69) is 0 Å². The van der Waals surface area contributed by atoms with Crippen molar-refractivity contribution in [2.24, 2.45) is 11.5 Å². The predicted octanol–water partition coefficient (Wildman–Crippen LogP) is 4.03. The van der Waals surface area contributed by atoms with Gasteiger partial charge in [0.05, 0.1) is 18.8 Å². The normalized spacial score (nSPS) is 31.7. The van der Waals surface area contributed by atoms with Gasteiger partial charge < -0.3 is 40.5 Å². The summed E-state index contributed by atoms with van der Waals surface area (Å²) in [6.45, 7) is 2.56. The van der Waals surface area contributed by atoms with E-state index in [0.29, 0.717) is 16.8 Å². The molecule has 0 aliphatic carbocycles. The average molecular weight is 686 g/mol. The number of carbonyl (C=O) groups is 1. The zero-order valence-electron chi connectivity index (χ0n) is 28.2. The smallest absolute Gasteiger partial charge is 0.250 e. The number of amides is 1. The molecule has 0 aromatic heterocycles. The third kappa shape index (κ3) is 5.93. The van der Waals surface area contributed by atoms with Crippen molar-refractivity contribution in [3.8, 4) is 11.1 Å². The molecule has 0 bridgehead atoms. The van der Waals surface area contributed by atoms with Crippen molar-refractivity contribution in [3.05, 3.63) is 126 Å².